The second-order valence-corrected chi connectivity index (χ2v) is 17.6. The lowest BCUT2D eigenvalue weighted by molar-refractivity contribution is -0.137. The molecule has 0 spiro atoms. The zero-order valence-electron chi connectivity index (χ0n) is 38.2. The van der Waals surface area contributed by atoms with Crippen molar-refractivity contribution in [1.82, 2.24) is 50.3 Å². The summed E-state index contributed by atoms with van der Waals surface area (Å²) in [5.41, 5.74) is 13.8. The van der Waals surface area contributed by atoms with E-state index in [-0.39, 0.29) is 23.9 Å². The van der Waals surface area contributed by atoms with E-state index in [1.165, 1.54) is 0 Å². The van der Waals surface area contributed by atoms with Crippen LogP contribution in [0.3, 0.4) is 0 Å². The lowest BCUT2D eigenvalue weighted by Crippen LogP contribution is -2.44. The zero-order chi connectivity index (χ0) is 48.0. The van der Waals surface area contributed by atoms with Gasteiger partial charge in [0.05, 0.1) is 54.3 Å². The van der Waals surface area contributed by atoms with Crippen LogP contribution in [-0.2, 0) is 9.59 Å². The molecule has 16 heteroatoms. The van der Waals surface area contributed by atoms with Gasteiger partial charge in [-0.25, -0.2) is 19.6 Å². The van der Waals surface area contributed by atoms with Crippen molar-refractivity contribution in [3.05, 3.63) is 193 Å². The highest BCUT2D eigenvalue weighted by Crippen LogP contribution is 2.38. The quantitative estimate of drug-likeness (QED) is 0.0658. The van der Waals surface area contributed by atoms with Gasteiger partial charge in [0.1, 0.15) is 23.7 Å². The average molecular weight is 933 g/mol. The summed E-state index contributed by atoms with van der Waals surface area (Å²) in [6.07, 6.45) is 15.4. The number of primary amides is 1. The minimum atomic E-state index is -0.905. The number of hydrogen-bond acceptors (Lipinski definition) is 8. The predicted octanol–water partition coefficient (Wildman–Crippen LogP) is 8.54. The molecule has 352 valence electrons. The van der Waals surface area contributed by atoms with Crippen LogP contribution in [-0.4, -0.2) is 83.1 Å². The highest BCUT2D eigenvalue weighted by atomic mass is 16.2. The largest absolute Gasteiger partial charge is 0.356 e. The van der Waals surface area contributed by atoms with Crippen LogP contribution in [0.1, 0.15) is 72.6 Å². The Morgan fingerprint density at radius 3 is 1.74 bits per heavy atom. The lowest BCUT2D eigenvalue weighted by atomic mass is 10.0. The Hall–Kier alpha value is -8.79. The number of aromatic amines is 2. The minimum absolute atomic E-state index is 0.0422. The van der Waals surface area contributed by atoms with Crippen LogP contribution >= 0.6 is 0 Å². The van der Waals surface area contributed by atoms with Crippen LogP contribution in [0.5, 0.6) is 0 Å². The molecule has 0 saturated carbocycles. The van der Waals surface area contributed by atoms with Gasteiger partial charge in [-0.1, -0.05) is 109 Å². The van der Waals surface area contributed by atoms with Crippen LogP contribution in [0.2, 0.25) is 0 Å². The molecule has 7 N–H and O–H groups in total. The molecule has 0 aliphatic carbocycles. The average Bonchev–Trinajstić information content (AvgIpc) is 4.25. The van der Waals surface area contributed by atoms with Gasteiger partial charge in [-0.3, -0.25) is 14.6 Å². The monoisotopic (exact) mass is 932 g/mol. The van der Waals surface area contributed by atoms with E-state index in [0.29, 0.717) is 42.4 Å². The van der Waals surface area contributed by atoms with Gasteiger partial charge in [0, 0.05) is 31.2 Å². The number of rotatable bonds is 13. The molecule has 6 amide bonds. The third-order valence-electron chi connectivity index (χ3n) is 13.1. The number of anilines is 1. The van der Waals surface area contributed by atoms with Crippen LogP contribution < -0.4 is 21.7 Å². The molecule has 0 bridgehead atoms. The number of amides is 6. The van der Waals surface area contributed by atoms with E-state index >= 15 is 0 Å². The van der Waals surface area contributed by atoms with Crippen LogP contribution in [0.4, 0.5) is 15.3 Å². The van der Waals surface area contributed by atoms with E-state index < -0.39 is 24.1 Å². The molecule has 2 saturated heterocycles. The van der Waals surface area contributed by atoms with Gasteiger partial charge >= 0.3 is 12.1 Å². The van der Waals surface area contributed by atoms with Crippen LogP contribution in [0.15, 0.2) is 170 Å². The van der Waals surface area contributed by atoms with E-state index in [1.54, 1.807) is 36.8 Å². The van der Waals surface area contributed by atoms with Crippen molar-refractivity contribution in [3.8, 4) is 33.6 Å². The molecule has 7 aromatic rings. The molecular formula is C54H52N12O4. The number of aromatic nitrogens is 5. The minimum Gasteiger partial charge on any atom is -0.356 e. The summed E-state index contributed by atoms with van der Waals surface area (Å²) >= 11 is 0. The molecule has 4 aromatic carbocycles. The van der Waals surface area contributed by atoms with Crippen molar-refractivity contribution in [2.45, 2.75) is 49.9 Å². The Bertz CT molecular complexity index is 3030. The number of H-pyrrole nitrogens is 2. The Morgan fingerprint density at radius 1 is 0.629 bits per heavy atom. The number of carbonyl (C=O) groups excluding carboxylic acids is 4. The molecule has 70 heavy (non-hydrogen) atoms. The molecule has 4 atom stereocenters. The third-order valence-corrected chi connectivity index (χ3v) is 13.1. The number of imidazole rings is 2. The highest BCUT2D eigenvalue weighted by Gasteiger charge is 2.39. The van der Waals surface area contributed by atoms with E-state index in [9.17, 15) is 19.2 Å². The Morgan fingerprint density at radius 2 is 1.19 bits per heavy atom. The van der Waals surface area contributed by atoms with Crippen LogP contribution in [0.25, 0.3) is 33.6 Å². The maximum atomic E-state index is 14.6. The standard InChI is InChI=1S/C54H52N12O4/c55-53(69)59-42-16-8-28-64(34-42)48(40-13-5-2-6-14-40)52(68)66-30-10-18-46(66)50-58-33-44(62-50)38-25-21-36(22-26-38)35-19-23-37(24-20-35)43-32-57-49(61-43)45-17-9-29-65(45)51(67)47(39-11-3-1-4-12-39)63-54(70)60-41-15-7-27-56-31-41/h1-8,11-16,19-28,31-33,45-48H,9-10,17-18,29-30,34H2,(H,57,61)(H,58,62)(H3,55,59,69)(H2,60,63,70)/t45-,46-,47+,48+/m0/s1. The molecule has 0 radical (unpaired) electrons. The van der Waals surface area contributed by atoms with Crippen LogP contribution in [0, 0.1) is 0 Å². The number of nitrogens with two attached hydrogens (primary N) is 1. The highest BCUT2D eigenvalue weighted by molar-refractivity contribution is 5.94. The molecule has 3 aliphatic heterocycles. The predicted molar refractivity (Wildman–Crippen MR) is 266 cm³/mol. The number of nitrogens with one attached hydrogen (secondary N) is 5. The number of urea groups is 2. The number of pyridine rings is 1. The van der Waals surface area contributed by atoms with Crippen molar-refractivity contribution < 1.29 is 19.2 Å². The molecule has 3 aromatic heterocycles. The fourth-order valence-electron chi connectivity index (χ4n) is 9.71. The smallest absolute Gasteiger partial charge is 0.320 e. The van der Waals surface area contributed by atoms with Crippen molar-refractivity contribution in [2.75, 3.05) is 25.0 Å². The van der Waals surface area contributed by atoms with E-state index in [2.05, 4.69) is 79.4 Å². The first-order valence-corrected chi connectivity index (χ1v) is 23.4. The van der Waals surface area contributed by atoms with E-state index in [1.807, 2.05) is 93.8 Å². The van der Waals surface area contributed by atoms with Gasteiger partial charge in [-0.15, -0.1) is 0 Å². The normalized spacial score (nSPS) is 17.4. The Labute approximate surface area is 404 Å². The SMILES string of the molecule is NC(=O)NC1=CC=CN([C@@H](C(=O)N2CCC[C@H]2c2ncc(-c3ccc(-c4ccc(-c5cnc([C@@H]6CCCN6C(=O)[C@H](NC(=O)Nc6cccnc6)c6ccccc6)[nH]5)cc4)cc3)[nH]2)c2ccccc2)C1. The summed E-state index contributed by atoms with van der Waals surface area (Å²) < 4.78 is 0. The first-order chi connectivity index (χ1) is 34.3. The number of hydrogen-bond donors (Lipinski definition) is 6. The molecule has 0 unspecified atom stereocenters. The third kappa shape index (κ3) is 9.78. The van der Waals surface area contributed by atoms with Gasteiger partial charge < -0.3 is 46.4 Å². The van der Waals surface area contributed by atoms with Gasteiger partial charge in [0.15, 0.2) is 0 Å². The number of carbonyl (C=O) groups is 4. The van der Waals surface area contributed by atoms with E-state index in [4.69, 9.17) is 15.7 Å². The second kappa shape index (κ2) is 20.2. The summed E-state index contributed by atoms with van der Waals surface area (Å²) in [7, 11) is 0. The number of nitrogens with zero attached hydrogens (tertiary/aromatic N) is 6. The molecule has 6 heterocycles. The molecule has 2 fully saturated rings. The van der Waals surface area contributed by atoms with Gasteiger partial charge in [0.25, 0.3) is 5.91 Å². The first-order valence-electron chi connectivity index (χ1n) is 23.4. The maximum Gasteiger partial charge on any atom is 0.320 e. The Kier molecular flexibility index (Phi) is 13.0. The van der Waals surface area contributed by atoms with Gasteiger partial charge in [-0.2, -0.15) is 0 Å². The fourth-order valence-corrected chi connectivity index (χ4v) is 9.71. The zero-order valence-corrected chi connectivity index (χ0v) is 38.2. The summed E-state index contributed by atoms with van der Waals surface area (Å²) in [6, 6.07) is 35.8. The Balaban J connectivity index is 0.795. The van der Waals surface area contributed by atoms with Crippen molar-refractivity contribution in [2.24, 2.45) is 5.73 Å². The summed E-state index contributed by atoms with van der Waals surface area (Å²) in [5.74, 6) is 1.18. The first kappa shape index (κ1) is 45.0. The number of allylic oxidation sites excluding steroid dienone is 2. The number of benzene rings is 4. The molecular weight excluding hydrogens is 881 g/mol. The van der Waals surface area contributed by atoms with Crippen molar-refractivity contribution in [3.63, 3.8) is 0 Å². The second-order valence-electron chi connectivity index (χ2n) is 17.6. The van der Waals surface area contributed by atoms with Crippen molar-refractivity contribution in [1.29, 1.82) is 0 Å². The molecule has 10 rings (SSSR count). The van der Waals surface area contributed by atoms with Crippen molar-refractivity contribution >= 4 is 29.6 Å². The topological polar surface area (TPSA) is 210 Å². The lowest BCUT2D eigenvalue weighted by Gasteiger charge is -2.36. The molecule has 16 nitrogen and oxygen atoms in total. The summed E-state index contributed by atoms with van der Waals surface area (Å²) in [6.45, 7) is 1.46. The van der Waals surface area contributed by atoms with Gasteiger partial charge in [-0.05, 0) is 83.3 Å². The van der Waals surface area contributed by atoms with Gasteiger partial charge in [0.2, 0.25) is 5.91 Å². The maximum absolute atomic E-state index is 14.6. The summed E-state index contributed by atoms with van der Waals surface area (Å²) in [4.78, 5) is 80.0. The summed E-state index contributed by atoms with van der Waals surface area (Å²) in [5, 5.41) is 8.35. The number of likely N-dealkylation sites (tertiary alicyclic amines) is 2. The molecule has 3 aliphatic rings. The van der Waals surface area contributed by atoms with E-state index in [0.717, 1.165) is 70.7 Å². The fraction of sp³-hybridized carbons (Fsp3) is 0.204.